The highest BCUT2D eigenvalue weighted by Crippen LogP contribution is 2.32. The maximum Gasteiger partial charge on any atom is 0.166 e. The molecule has 24 heavy (non-hydrogen) atoms. The normalized spacial score (nSPS) is 11.4. The van der Waals surface area contributed by atoms with E-state index in [0.29, 0.717) is 28.9 Å². The maximum absolute atomic E-state index is 6.06. The van der Waals surface area contributed by atoms with Gasteiger partial charge in [0.1, 0.15) is 6.61 Å². The zero-order chi connectivity index (χ0) is 17.7. The summed E-state index contributed by atoms with van der Waals surface area (Å²) in [7, 11) is 1.64. The van der Waals surface area contributed by atoms with Gasteiger partial charge in [0, 0.05) is 17.6 Å². The van der Waals surface area contributed by atoms with E-state index < -0.39 is 0 Å². The van der Waals surface area contributed by atoms with Crippen LogP contribution in [-0.2, 0) is 13.2 Å². The van der Waals surface area contributed by atoms with Gasteiger partial charge in [-0.25, -0.2) is 0 Å². The van der Waals surface area contributed by atoms with Gasteiger partial charge in [-0.15, -0.1) is 0 Å². The van der Waals surface area contributed by atoms with Crippen LogP contribution in [0.3, 0.4) is 0 Å². The number of benzene rings is 2. The van der Waals surface area contributed by atoms with Crippen LogP contribution in [0.15, 0.2) is 36.4 Å². The van der Waals surface area contributed by atoms with Crippen molar-refractivity contribution in [2.24, 2.45) is 0 Å². The molecule has 130 valence electrons. The molecule has 5 heteroatoms. The van der Waals surface area contributed by atoms with Gasteiger partial charge in [-0.05, 0) is 44.5 Å². The number of rotatable bonds is 6. The molecule has 0 saturated heterocycles. The fourth-order valence-corrected chi connectivity index (χ4v) is 2.49. The molecule has 2 aromatic carbocycles. The Morgan fingerprint density at radius 3 is 2.42 bits per heavy atom. The maximum atomic E-state index is 6.06. The fraction of sp³-hybridized carbons (Fsp3) is 0.368. The van der Waals surface area contributed by atoms with Gasteiger partial charge < -0.3 is 14.8 Å². The summed E-state index contributed by atoms with van der Waals surface area (Å²) in [6.07, 6.45) is 0. The summed E-state index contributed by atoms with van der Waals surface area (Å²) < 4.78 is 11.5. The second-order valence-corrected chi connectivity index (χ2v) is 7.40. The standard InChI is InChI=1S/C19H23Cl2NO2/c1-19(2,3)22-11-14-6-5-7-17(23-4)18(14)24-12-13-8-9-15(20)16(21)10-13/h5-10,22H,11-12H2,1-4H3. The van der Waals surface area contributed by atoms with Gasteiger partial charge in [0.2, 0.25) is 0 Å². The van der Waals surface area contributed by atoms with E-state index in [-0.39, 0.29) is 5.54 Å². The quantitative estimate of drug-likeness (QED) is 0.734. The monoisotopic (exact) mass is 367 g/mol. The van der Waals surface area contributed by atoms with Crippen molar-refractivity contribution < 1.29 is 9.47 Å². The number of ether oxygens (including phenoxy) is 2. The van der Waals surface area contributed by atoms with Crippen LogP contribution in [-0.4, -0.2) is 12.6 Å². The molecule has 0 amide bonds. The van der Waals surface area contributed by atoms with Gasteiger partial charge in [0.25, 0.3) is 0 Å². The highest BCUT2D eigenvalue weighted by Gasteiger charge is 2.14. The van der Waals surface area contributed by atoms with Gasteiger partial charge in [-0.3, -0.25) is 0 Å². The van der Waals surface area contributed by atoms with Gasteiger partial charge >= 0.3 is 0 Å². The van der Waals surface area contributed by atoms with E-state index in [4.69, 9.17) is 32.7 Å². The molecular formula is C19H23Cl2NO2. The van der Waals surface area contributed by atoms with E-state index in [1.54, 1.807) is 13.2 Å². The molecular weight excluding hydrogens is 345 g/mol. The van der Waals surface area contributed by atoms with E-state index in [0.717, 1.165) is 16.9 Å². The van der Waals surface area contributed by atoms with Crippen LogP contribution in [0.2, 0.25) is 10.0 Å². The zero-order valence-electron chi connectivity index (χ0n) is 14.5. The van der Waals surface area contributed by atoms with Crippen molar-refractivity contribution in [2.75, 3.05) is 7.11 Å². The van der Waals surface area contributed by atoms with E-state index in [9.17, 15) is 0 Å². The molecule has 0 bridgehead atoms. The third-order valence-corrected chi connectivity index (χ3v) is 4.20. The Balaban J connectivity index is 2.18. The van der Waals surface area contributed by atoms with E-state index >= 15 is 0 Å². The lowest BCUT2D eigenvalue weighted by Gasteiger charge is -2.22. The molecule has 0 spiro atoms. The molecule has 3 nitrogen and oxygen atoms in total. The SMILES string of the molecule is COc1cccc(CNC(C)(C)C)c1OCc1ccc(Cl)c(Cl)c1. The lowest BCUT2D eigenvalue weighted by molar-refractivity contribution is 0.279. The number of nitrogens with one attached hydrogen (secondary N) is 1. The minimum Gasteiger partial charge on any atom is -0.493 e. The van der Waals surface area contributed by atoms with Crippen LogP contribution in [0, 0.1) is 0 Å². The Kier molecular flexibility index (Phi) is 6.39. The zero-order valence-corrected chi connectivity index (χ0v) is 16.0. The Morgan fingerprint density at radius 2 is 1.79 bits per heavy atom. The van der Waals surface area contributed by atoms with Crippen molar-refractivity contribution in [2.45, 2.75) is 39.5 Å². The van der Waals surface area contributed by atoms with E-state index in [2.05, 4.69) is 26.1 Å². The number of hydrogen-bond donors (Lipinski definition) is 1. The van der Waals surface area contributed by atoms with Crippen molar-refractivity contribution in [1.29, 1.82) is 0 Å². The van der Waals surface area contributed by atoms with Gasteiger partial charge in [-0.1, -0.05) is 41.4 Å². The third kappa shape index (κ3) is 5.30. The summed E-state index contributed by atoms with van der Waals surface area (Å²) in [6, 6.07) is 11.4. The number of para-hydroxylation sites is 1. The van der Waals surface area contributed by atoms with Gasteiger partial charge in [-0.2, -0.15) is 0 Å². The van der Waals surface area contributed by atoms with Crippen LogP contribution in [0.5, 0.6) is 11.5 Å². The average Bonchev–Trinajstić information content (AvgIpc) is 2.53. The first-order valence-electron chi connectivity index (χ1n) is 7.78. The first kappa shape index (κ1) is 18.9. The van der Waals surface area contributed by atoms with Gasteiger partial charge in [0.05, 0.1) is 17.2 Å². The molecule has 0 radical (unpaired) electrons. The van der Waals surface area contributed by atoms with Crippen molar-refractivity contribution >= 4 is 23.2 Å². The fourth-order valence-electron chi connectivity index (χ4n) is 2.17. The van der Waals surface area contributed by atoms with Crippen LogP contribution in [0.4, 0.5) is 0 Å². The molecule has 2 aromatic rings. The minimum absolute atomic E-state index is 0.0179. The summed E-state index contributed by atoms with van der Waals surface area (Å²) >= 11 is 12.0. The molecule has 0 fully saturated rings. The second kappa shape index (κ2) is 8.11. The Labute approximate surface area is 153 Å². The second-order valence-electron chi connectivity index (χ2n) is 6.59. The van der Waals surface area contributed by atoms with Crippen LogP contribution < -0.4 is 14.8 Å². The van der Waals surface area contributed by atoms with Crippen molar-refractivity contribution in [1.82, 2.24) is 5.32 Å². The number of methoxy groups -OCH3 is 1. The lowest BCUT2D eigenvalue weighted by atomic mass is 10.1. The minimum atomic E-state index is 0.0179. The predicted octanol–water partition coefficient (Wildman–Crippen LogP) is 5.47. The number of halogens is 2. The smallest absolute Gasteiger partial charge is 0.166 e. The van der Waals surface area contributed by atoms with E-state index in [1.165, 1.54) is 0 Å². The number of hydrogen-bond acceptors (Lipinski definition) is 3. The molecule has 0 heterocycles. The molecule has 0 aliphatic carbocycles. The molecule has 0 aliphatic rings. The van der Waals surface area contributed by atoms with Crippen molar-refractivity contribution in [3.8, 4) is 11.5 Å². The van der Waals surface area contributed by atoms with Crippen LogP contribution in [0.25, 0.3) is 0 Å². The largest absolute Gasteiger partial charge is 0.493 e. The summed E-state index contributed by atoms with van der Waals surface area (Å²) in [6.45, 7) is 7.47. The van der Waals surface area contributed by atoms with Crippen LogP contribution >= 0.6 is 23.2 Å². The lowest BCUT2D eigenvalue weighted by Crippen LogP contribution is -2.35. The summed E-state index contributed by atoms with van der Waals surface area (Å²) in [5.74, 6) is 1.45. The molecule has 0 saturated carbocycles. The summed E-state index contributed by atoms with van der Waals surface area (Å²) in [5, 5.41) is 4.53. The molecule has 0 aromatic heterocycles. The van der Waals surface area contributed by atoms with Gasteiger partial charge in [0.15, 0.2) is 11.5 Å². The summed E-state index contributed by atoms with van der Waals surface area (Å²) in [5.41, 5.74) is 2.01. The average molecular weight is 368 g/mol. The molecule has 1 N–H and O–H groups in total. The highest BCUT2D eigenvalue weighted by molar-refractivity contribution is 6.42. The molecule has 2 rings (SSSR count). The Morgan fingerprint density at radius 1 is 1.04 bits per heavy atom. The van der Waals surface area contributed by atoms with Crippen molar-refractivity contribution in [3.63, 3.8) is 0 Å². The third-order valence-electron chi connectivity index (χ3n) is 3.46. The summed E-state index contributed by atoms with van der Waals surface area (Å²) in [4.78, 5) is 0. The van der Waals surface area contributed by atoms with Crippen molar-refractivity contribution in [3.05, 3.63) is 57.6 Å². The first-order chi connectivity index (χ1) is 11.3. The van der Waals surface area contributed by atoms with E-state index in [1.807, 2.05) is 30.3 Å². The Hall–Kier alpha value is -1.42. The molecule has 0 unspecified atom stereocenters. The predicted molar refractivity (Wildman–Crippen MR) is 100 cm³/mol. The topological polar surface area (TPSA) is 30.5 Å². The van der Waals surface area contributed by atoms with Crippen LogP contribution in [0.1, 0.15) is 31.9 Å². The highest BCUT2D eigenvalue weighted by atomic mass is 35.5. The molecule has 0 aliphatic heterocycles. The molecule has 0 atom stereocenters. The Bertz CT molecular complexity index is 696. The first-order valence-corrected chi connectivity index (χ1v) is 8.53.